The van der Waals surface area contributed by atoms with Crippen molar-refractivity contribution >= 4 is 11.8 Å². The maximum Gasteiger partial charge on any atom is 0.412 e. The van der Waals surface area contributed by atoms with Crippen LogP contribution in [0.4, 0.5) is 10.5 Å². The highest BCUT2D eigenvalue weighted by Gasteiger charge is 2.19. The van der Waals surface area contributed by atoms with E-state index < -0.39 is 11.7 Å². The molecule has 0 saturated carbocycles. The van der Waals surface area contributed by atoms with E-state index in [0.717, 1.165) is 5.56 Å². The number of carbonyl (C=O) groups excluding carboxylic acids is 1. The van der Waals surface area contributed by atoms with E-state index in [9.17, 15) is 9.90 Å². The Morgan fingerprint density at radius 3 is 2.11 bits per heavy atom. The summed E-state index contributed by atoms with van der Waals surface area (Å²) >= 11 is 0. The Morgan fingerprint density at radius 2 is 1.68 bits per heavy atom. The lowest BCUT2D eigenvalue weighted by Crippen LogP contribution is -2.27. The lowest BCUT2D eigenvalue weighted by molar-refractivity contribution is 0.0636. The third-order valence-corrected chi connectivity index (χ3v) is 2.71. The van der Waals surface area contributed by atoms with E-state index in [-0.39, 0.29) is 12.0 Å². The molecular weight excluding hydrogens is 242 g/mol. The highest BCUT2D eigenvalue weighted by Crippen LogP contribution is 2.24. The van der Waals surface area contributed by atoms with E-state index in [2.05, 4.69) is 5.32 Å². The molecular formula is C15H23NO3. The fraction of sp³-hybridized carbons (Fsp3) is 0.533. The maximum absolute atomic E-state index is 11.6. The minimum atomic E-state index is -0.511. The average Bonchev–Trinajstić information content (AvgIpc) is 2.27. The third-order valence-electron chi connectivity index (χ3n) is 2.71. The molecule has 0 spiro atoms. The van der Waals surface area contributed by atoms with E-state index in [1.54, 1.807) is 12.1 Å². The van der Waals surface area contributed by atoms with Crippen molar-refractivity contribution in [1.29, 1.82) is 0 Å². The van der Waals surface area contributed by atoms with Gasteiger partial charge >= 0.3 is 6.09 Å². The zero-order chi connectivity index (χ0) is 14.7. The second kappa shape index (κ2) is 5.61. The number of ether oxygens (including phenoxy) is 1. The Labute approximate surface area is 114 Å². The van der Waals surface area contributed by atoms with Gasteiger partial charge in [-0.2, -0.15) is 0 Å². The van der Waals surface area contributed by atoms with Crippen molar-refractivity contribution in [3.63, 3.8) is 0 Å². The smallest absolute Gasteiger partial charge is 0.412 e. The van der Waals surface area contributed by atoms with E-state index in [4.69, 9.17) is 4.74 Å². The topological polar surface area (TPSA) is 58.6 Å². The first kappa shape index (κ1) is 15.5. The van der Waals surface area contributed by atoms with Crippen molar-refractivity contribution in [3.05, 3.63) is 29.8 Å². The molecule has 106 valence electrons. The number of anilines is 1. The molecule has 4 heteroatoms. The molecule has 4 nitrogen and oxygen atoms in total. The van der Waals surface area contributed by atoms with Gasteiger partial charge in [0.05, 0.1) is 6.61 Å². The first-order valence-corrected chi connectivity index (χ1v) is 6.35. The molecule has 1 rings (SSSR count). The minimum absolute atomic E-state index is 0.0752. The summed E-state index contributed by atoms with van der Waals surface area (Å²) in [6, 6.07) is 7.39. The molecule has 0 aromatic heterocycles. The molecule has 0 radical (unpaired) electrons. The Morgan fingerprint density at radius 1 is 1.16 bits per heavy atom. The predicted octanol–water partition coefficient (Wildman–Crippen LogP) is 3.30. The van der Waals surface area contributed by atoms with E-state index >= 15 is 0 Å². The maximum atomic E-state index is 11.6. The van der Waals surface area contributed by atoms with Crippen molar-refractivity contribution in [3.8, 4) is 0 Å². The van der Waals surface area contributed by atoms with Gasteiger partial charge in [0.15, 0.2) is 0 Å². The fourth-order valence-corrected chi connectivity index (χ4v) is 1.52. The SMILES string of the molecule is CC(C)(C)OC(=O)Nc1ccc(C(C)(C)CO)cc1. The number of hydrogen-bond donors (Lipinski definition) is 2. The first-order chi connectivity index (χ1) is 8.64. The molecule has 1 aromatic carbocycles. The Bertz CT molecular complexity index is 430. The summed E-state index contributed by atoms with van der Waals surface area (Å²) < 4.78 is 5.17. The number of rotatable bonds is 3. The second-order valence-corrected chi connectivity index (χ2v) is 6.25. The second-order valence-electron chi connectivity index (χ2n) is 6.25. The predicted molar refractivity (Wildman–Crippen MR) is 76.4 cm³/mol. The molecule has 1 amide bonds. The molecule has 0 fully saturated rings. The lowest BCUT2D eigenvalue weighted by Gasteiger charge is -2.23. The van der Waals surface area contributed by atoms with Crippen LogP contribution in [0.25, 0.3) is 0 Å². The van der Waals surface area contributed by atoms with Gasteiger partial charge in [0, 0.05) is 11.1 Å². The number of aliphatic hydroxyl groups excluding tert-OH is 1. The molecule has 0 aliphatic carbocycles. The van der Waals surface area contributed by atoms with Crippen molar-refractivity contribution in [1.82, 2.24) is 0 Å². The normalized spacial score (nSPS) is 12.1. The summed E-state index contributed by atoms with van der Waals surface area (Å²) in [5.41, 5.74) is 0.893. The van der Waals surface area contributed by atoms with Crippen LogP contribution in [0.2, 0.25) is 0 Å². The van der Waals surface area contributed by atoms with Crippen LogP contribution in [0, 0.1) is 0 Å². The summed E-state index contributed by atoms with van der Waals surface area (Å²) in [5.74, 6) is 0. The summed E-state index contributed by atoms with van der Waals surface area (Å²) in [6.45, 7) is 9.46. The van der Waals surface area contributed by atoms with E-state index in [0.29, 0.717) is 5.69 Å². The van der Waals surface area contributed by atoms with Crippen molar-refractivity contribution in [2.24, 2.45) is 0 Å². The number of carbonyl (C=O) groups is 1. The van der Waals surface area contributed by atoms with Crippen LogP contribution < -0.4 is 5.32 Å². The van der Waals surface area contributed by atoms with Gasteiger partial charge in [-0.05, 0) is 38.5 Å². The van der Waals surface area contributed by atoms with Crippen LogP contribution in [-0.2, 0) is 10.2 Å². The van der Waals surface area contributed by atoms with Crippen LogP contribution in [-0.4, -0.2) is 23.4 Å². The zero-order valence-corrected chi connectivity index (χ0v) is 12.3. The first-order valence-electron chi connectivity index (χ1n) is 6.35. The summed E-state index contributed by atoms with van der Waals surface area (Å²) in [4.78, 5) is 11.6. The largest absolute Gasteiger partial charge is 0.444 e. The van der Waals surface area contributed by atoms with E-state index in [1.807, 2.05) is 46.8 Å². The number of aliphatic hydroxyl groups is 1. The highest BCUT2D eigenvalue weighted by atomic mass is 16.6. The van der Waals surface area contributed by atoms with Gasteiger partial charge < -0.3 is 9.84 Å². The monoisotopic (exact) mass is 265 g/mol. The molecule has 0 aliphatic heterocycles. The molecule has 19 heavy (non-hydrogen) atoms. The average molecular weight is 265 g/mol. The number of benzene rings is 1. The van der Waals surface area contributed by atoms with Gasteiger partial charge in [-0.1, -0.05) is 26.0 Å². The Hall–Kier alpha value is -1.55. The third kappa shape index (κ3) is 4.91. The summed E-state index contributed by atoms with van der Waals surface area (Å²) in [7, 11) is 0. The van der Waals surface area contributed by atoms with Crippen molar-refractivity contribution < 1.29 is 14.6 Å². The van der Waals surface area contributed by atoms with Crippen molar-refractivity contribution in [2.45, 2.75) is 45.6 Å². The van der Waals surface area contributed by atoms with Crippen LogP contribution in [0.5, 0.6) is 0 Å². The van der Waals surface area contributed by atoms with Gasteiger partial charge in [-0.15, -0.1) is 0 Å². The van der Waals surface area contributed by atoms with Gasteiger partial charge in [-0.25, -0.2) is 4.79 Å². The van der Waals surface area contributed by atoms with Gasteiger partial charge in [0.2, 0.25) is 0 Å². The van der Waals surface area contributed by atoms with Gasteiger partial charge in [0.1, 0.15) is 5.60 Å². The molecule has 0 saturated heterocycles. The molecule has 0 unspecified atom stereocenters. The zero-order valence-electron chi connectivity index (χ0n) is 12.3. The minimum Gasteiger partial charge on any atom is -0.444 e. The number of amides is 1. The van der Waals surface area contributed by atoms with Crippen LogP contribution in [0.1, 0.15) is 40.2 Å². The lowest BCUT2D eigenvalue weighted by atomic mass is 9.86. The molecule has 0 bridgehead atoms. The highest BCUT2D eigenvalue weighted by molar-refractivity contribution is 5.84. The fourth-order valence-electron chi connectivity index (χ4n) is 1.52. The van der Waals surface area contributed by atoms with E-state index in [1.165, 1.54) is 0 Å². The molecule has 2 N–H and O–H groups in total. The standard InChI is InChI=1S/C15H23NO3/c1-14(2,3)19-13(18)16-12-8-6-11(7-9-12)15(4,5)10-17/h6-9,17H,10H2,1-5H3,(H,16,18). The summed E-state index contributed by atoms with van der Waals surface area (Å²) in [5, 5.41) is 12.0. The Balaban J connectivity index is 2.70. The summed E-state index contributed by atoms with van der Waals surface area (Å²) in [6.07, 6.45) is -0.471. The van der Waals surface area contributed by atoms with Crippen LogP contribution >= 0.6 is 0 Å². The molecule has 0 aliphatic rings. The van der Waals surface area contributed by atoms with Crippen LogP contribution in [0.3, 0.4) is 0 Å². The number of hydrogen-bond acceptors (Lipinski definition) is 3. The quantitative estimate of drug-likeness (QED) is 0.881. The van der Waals surface area contributed by atoms with Gasteiger partial charge in [0.25, 0.3) is 0 Å². The number of nitrogens with one attached hydrogen (secondary N) is 1. The molecule has 0 atom stereocenters. The van der Waals surface area contributed by atoms with Crippen molar-refractivity contribution in [2.75, 3.05) is 11.9 Å². The van der Waals surface area contributed by atoms with Crippen LogP contribution in [0.15, 0.2) is 24.3 Å². The van der Waals surface area contributed by atoms with Gasteiger partial charge in [-0.3, -0.25) is 5.32 Å². The Kier molecular flexibility index (Phi) is 4.58. The molecule has 1 aromatic rings. The molecule has 0 heterocycles.